The maximum Gasteiger partial charge on any atom is 0.213 e. The molecule has 1 heterocycles. The second kappa shape index (κ2) is 2.53. The molecule has 0 aliphatic heterocycles. The van der Waals surface area contributed by atoms with Crippen LogP contribution in [-0.2, 0) is 6.67 Å². The Morgan fingerprint density at radius 1 is 1.44 bits per heavy atom. The van der Waals surface area contributed by atoms with Crippen LogP contribution < -0.4 is 0 Å². The third kappa shape index (κ3) is 1.45. The molecule has 0 aromatic carbocycles. The first-order valence-corrected chi connectivity index (χ1v) is 2.50. The number of hydrogen-bond donors (Lipinski definition) is 0. The highest BCUT2D eigenvalue weighted by atomic mass is 19.1. The second-order valence-corrected chi connectivity index (χ2v) is 1.59. The molecule has 1 nitrogen and oxygen atoms in total. The van der Waals surface area contributed by atoms with Gasteiger partial charge in [-0.05, 0) is 12.1 Å². The average Bonchev–Trinajstić information content (AvgIpc) is 1.88. The van der Waals surface area contributed by atoms with Crippen molar-refractivity contribution in [3.05, 3.63) is 29.8 Å². The topological polar surface area (TPSA) is 12.9 Å². The molecule has 0 fully saturated rings. The van der Waals surface area contributed by atoms with Crippen molar-refractivity contribution < 1.29 is 8.78 Å². The number of hydrogen-bond acceptors (Lipinski definition) is 1. The lowest BCUT2D eigenvalue weighted by Crippen LogP contribution is -1.87. The molecule has 0 N–H and O–H groups in total. The van der Waals surface area contributed by atoms with Crippen LogP contribution >= 0.6 is 0 Å². The van der Waals surface area contributed by atoms with Crippen LogP contribution in [0.2, 0.25) is 0 Å². The molecule has 1 aromatic heterocycles. The van der Waals surface area contributed by atoms with E-state index in [9.17, 15) is 8.78 Å². The van der Waals surface area contributed by atoms with Crippen molar-refractivity contribution in [3.8, 4) is 0 Å². The van der Waals surface area contributed by atoms with Crippen LogP contribution in [0, 0.1) is 5.95 Å². The molecule has 3 heteroatoms. The first-order valence-electron chi connectivity index (χ1n) is 2.50. The van der Waals surface area contributed by atoms with Crippen LogP contribution in [0.5, 0.6) is 0 Å². The predicted octanol–water partition coefficient (Wildman–Crippen LogP) is 1.69. The molecule has 1 aromatic rings. The molecule has 0 saturated carbocycles. The van der Waals surface area contributed by atoms with Gasteiger partial charge in [-0.1, -0.05) is 6.07 Å². The summed E-state index contributed by atoms with van der Waals surface area (Å²) < 4.78 is 23.8. The van der Waals surface area contributed by atoms with E-state index in [1.807, 2.05) is 0 Å². The van der Waals surface area contributed by atoms with Crippen molar-refractivity contribution in [2.45, 2.75) is 6.67 Å². The highest BCUT2D eigenvalue weighted by molar-refractivity contribution is 5.02. The SMILES string of the molecule is FCc1cccc(F)n1. The monoisotopic (exact) mass is 129 g/mol. The Labute approximate surface area is 51.3 Å². The number of aromatic nitrogens is 1. The van der Waals surface area contributed by atoms with Crippen molar-refractivity contribution >= 4 is 0 Å². The minimum Gasteiger partial charge on any atom is -0.244 e. The fourth-order valence-electron chi connectivity index (χ4n) is 0.525. The van der Waals surface area contributed by atoms with Crippen molar-refractivity contribution in [2.24, 2.45) is 0 Å². The van der Waals surface area contributed by atoms with Crippen LogP contribution in [0.15, 0.2) is 18.2 Å². The van der Waals surface area contributed by atoms with Gasteiger partial charge in [0.2, 0.25) is 5.95 Å². The van der Waals surface area contributed by atoms with Crippen LogP contribution in [0.1, 0.15) is 5.69 Å². The molecule has 0 atom stereocenters. The van der Waals surface area contributed by atoms with Gasteiger partial charge in [0, 0.05) is 0 Å². The summed E-state index contributed by atoms with van der Waals surface area (Å²) >= 11 is 0. The van der Waals surface area contributed by atoms with E-state index >= 15 is 0 Å². The molecule has 0 saturated heterocycles. The van der Waals surface area contributed by atoms with Crippen LogP contribution in [0.25, 0.3) is 0 Å². The van der Waals surface area contributed by atoms with E-state index < -0.39 is 12.6 Å². The van der Waals surface area contributed by atoms with E-state index in [1.165, 1.54) is 18.2 Å². The van der Waals surface area contributed by atoms with E-state index in [4.69, 9.17) is 0 Å². The van der Waals surface area contributed by atoms with E-state index in [1.54, 1.807) is 0 Å². The van der Waals surface area contributed by atoms with E-state index in [0.717, 1.165) is 0 Å². The summed E-state index contributed by atoms with van der Waals surface area (Å²) in [6.45, 7) is -0.711. The quantitative estimate of drug-likeness (QED) is 0.526. The molecule has 0 amide bonds. The molecule has 0 aliphatic rings. The highest BCUT2D eigenvalue weighted by Gasteiger charge is 1.92. The largest absolute Gasteiger partial charge is 0.244 e. The zero-order valence-corrected chi connectivity index (χ0v) is 4.64. The fourth-order valence-corrected chi connectivity index (χ4v) is 0.525. The summed E-state index contributed by atoms with van der Waals surface area (Å²) in [4.78, 5) is 3.25. The maximum absolute atomic E-state index is 12.1. The smallest absolute Gasteiger partial charge is 0.213 e. The standard InChI is InChI=1S/C6H5F2N/c7-4-5-2-1-3-6(8)9-5/h1-3H,4H2. The summed E-state index contributed by atoms with van der Waals surface area (Å²) in [6.07, 6.45) is 0. The van der Waals surface area contributed by atoms with Gasteiger partial charge in [0.1, 0.15) is 6.67 Å². The molecule has 1 rings (SSSR count). The molecule has 0 unspecified atom stereocenters. The second-order valence-electron chi connectivity index (χ2n) is 1.59. The number of alkyl halides is 1. The van der Waals surface area contributed by atoms with Gasteiger partial charge in [0.15, 0.2) is 0 Å². The van der Waals surface area contributed by atoms with E-state index in [0.29, 0.717) is 0 Å². The van der Waals surface area contributed by atoms with Crippen LogP contribution in [-0.4, -0.2) is 4.98 Å². The van der Waals surface area contributed by atoms with Crippen molar-refractivity contribution in [2.75, 3.05) is 0 Å². The van der Waals surface area contributed by atoms with E-state index in [2.05, 4.69) is 4.98 Å². The number of rotatable bonds is 1. The summed E-state index contributed by atoms with van der Waals surface area (Å²) in [7, 11) is 0. The fraction of sp³-hybridized carbons (Fsp3) is 0.167. The highest BCUT2D eigenvalue weighted by Crippen LogP contribution is 1.97. The molecular formula is C6H5F2N. The first-order chi connectivity index (χ1) is 4.33. The van der Waals surface area contributed by atoms with Gasteiger partial charge in [-0.15, -0.1) is 0 Å². The van der Waals surface area contributed by atoms with Gasteiger partial charge in [0.05, 0.1) is 5.69 Å². The molecule has 0 aliphatic carbocycles. The molecule has 0 spiro atoms. The Bertz CT molecular complexity index is 200. The van der Waals surface area contributed by atoms with Gasteiger partial charge in [-0.3, -0.25) is 0 Å². The Morgan fingerprint density at radius 2 is 2.22 bits per heavy atom. The third-order valence-electron chi connectivity index (χ3n) is 0.910. The number of nitrogens with zero attached hydrogens (tertiary/aromatic N) is 1. The normalized spacial score (nSPS) is 9.56. The van der Waals surface area contributed by atoms with Gasteiger partial charge < -0.3 is 0 Å². The Hall–Kier alpha value is -0.990. The van der Waals surface area contributed by atoms with Crippen molar-refractivity contribution in [3.63, 3.8) is 0 Å². The van der Waals surface area contributed by atoms with Gasteiger partial charge in [0.25, 0.3) is 0 Å². The summed E-state index contributed by atoms with van der Waals surface area (Å²) in [6, 6.07) is 4.04. The molecule has 0 bridgehead atoms. The van der Waals surface area contributed by atoms with Gasteiger partial charge >= 0.3 is 0 Å². The van der Waals surface area contributed by atoms with Crippen LogP contribution in [0.4, 0.5) is 8.78 Å². The lowest BCUT2D eigenvalue weighted by Gasteiger charge is -1.89. The summed E-state index contributed by atoms with van der Waals surface area (Å²) in [5.41, 5.74) is 0.134. The Balaban J connectivity index is 2.94. The van der Waals surface area contributed by atoms with Crippen LogP contribution in [0.3, 0.4) is 0 Å². The van der Waals surface area contributed by atoms with Crippen molar-refractivity contribution in [1.29, 1.82) is 0 Å². The summed E-state index contributed by atoms with van der Waals surface area (Å²) in [5.74, 6) is -0.634. The average molecular weight is 129 g/mol. The zero-order valence-electron chi connectivity index (χ0n) is 4.64. The van der Waals surface area contributed by atoms with Gasteiger partial charge in [-0.25, -0.2) is 9.37 Å². The molecule has 9 heavy (non-hydrogen) atoms. The van der Waals surface area contributed by atoms with Crippen molar-refractivity contribution in [1.82, 2.24) is 4.98 Å². The Morgan fingerprint density at radius 3 is 2.67 bits per heavy atom. The number of pyridine rings is 1. The zero-order chi connectivity index (χ0) is 6.69. The predicted molar refractivity (Wildman–Crippen MR) is 29.0 cm³/mol. The molecule has 48 valence electrons. The minimum absolute atomic E-state index is 0.134. The Kier molecular flexibility index (Phi) is 1.72. The summed E-state index contributed by atoms with van der Waals surface area (Å²) in [5, 5.41) is 0. The van der Waals surface area contributed by atoms with Gasteiger partial charge in [-0.2, -0.15) is 4.39 Å². The number of halogens is 2. The first kappa shape index (κ1) is 6.13. The maximum atomic E-state index is 12.1. The lowest BCUT2D eigenvalue weighted by molar-refractivity contribution is 0.465. The molecular weight excluding hydrogens is 124 g/mol. The molecule has 0 radical (unpaired) electrons. The van der Waals surface area contributed by atoms with E-state index in [-0.39, 0.29) is 5.69 Å². The minimum atomic E-state index is -0.711. The lowest BCUT2D eigenvalue weighted by atomic mass is 10.4. The third-order valence-corrected chi connectivity index (χ3v) is 0.910.